The molecule has 0 saturated carbocycles. The second-order valence-corrected chi connectivity index (χ2v) is 7.30. The first-order valence-corrected chi connectivity index (χ1v) is 8.58. The number of hydrogen-bond acceptors (Lipinski definition) is 4. The number of nitrogens with two attached hydrogens (primary N) is 1. The van der Waals surface area contributed by atoms with E-state index in [1.807, 2.05) is 6.07 Å². The van der Waals surface area contributed by atoms with Crippen LogP contribution in [0.5, 0.6) is 0 Å². The topological polar surface area (TPSA) is 90.0 Å². The fourth-order valence-corrected chi connectivity index (χ4v) is 3.86. The third-order valence-electron chi connectivity index (χ3n) is 3.09. The molecule has 3 N–H and O–H groups in total. The maximum Gasteiger partial charge on any atom is 0.241 e. The fraction of sp³-hybridized carbons (Fsp3) is 0.308. The van der Waals surface area contributed by atoms with Crippen molar-refractivity contribution in [3.05, 3.63) is 45.7 Å². The van der Waals surface area contributed by atoms with Gasteiger partial charge in [-0.15, -0.1) is 0 Å². The summed E-state index contributed by atoms with van der Waals surface area (Å²) < 4.78 is 29.8. The summed E-state index contributed by atoms with van der Waals surface area (Å²) in [6.45, 7) is 2.18. The Labute approximate surface area is 132 Å². The summed E-state index contributed by atoms with van der Waals surface area (Å²) in [5.74, 6) is 0. The number of halogens is 1. The first kappa shape index (κ1) is 16.2. The van der Waals surface area contributed by atoms with Crippen molar-refractivity contribution in [2.24, 2.45) is 12.8 Å². The van der Waals surface area contributed by atoms with E-state index in [1.165, 1.54) is 0 Å². The van der Waals surface area contributed by atoms with Crippen molar-refractivity contribution in [1.29, 1.82) is 0 Å². The molecule has 0 aliphatic rings. The van der Waals surface area contributed by atoms with Gasteiger partial charge in [-0.3, -0.25) is 4.68 Å². The summed E-state index contributed by atoms with van der Waals surface area (Å²) in [4.78, 5) is 0.230. The number of nitrogens with zero attached hydrogens (tertiary/aromatic N) is 2. The molecule has 0 bridgehead atoms. The Kier molecular flexibility index (Phi) is 4.82. The van der Waals surface area contributed by atoms with Crippen LogP contribution in [0.2, 0.25) is 0 Å². The van der Waals surface area contributed by atoms with Gasteiger partial charge in [0, 0.05) is 24.3 Å². The highest BCUT2D eigenvalue weighted by molar-refractivity contribution is 9.10. The molecule has 0 aliphatic carbocycles. The molecule has 2 aromatic rings. The SMILES string of the molecule is Cc1c(Br)cc(CN)cc1S(=O)(=O)NCc1ccn(C)n1. The molecule has 6 nitrogen and oxygen atoms in total. The average Bonchev–Trinajstić information content (AvgIpc) is 2.85. The van der Waals surface area contributed by atoms with Crippen LogP contribution in [0, 0.1) is 6.92 Å². The van der Waals surface area contributed by atoms with Gasteiger partial charge in [0.15, 0.2) is 0 Å². The summed E-state index contributed by atoms with van der Waals surface area (Å²) in [7, 11) is -1.84. The fourth-order valence-electron chi connectivity index (χ4n) is 1.91. The molecule has 0 aliphatic heterocycles. The molecule has 1 aromatic heterocycles. The van der Waals surface area contributed by atoms with E-state index in [0.29, 0.717) is 11.3 Å². The number of sulfonamides is 1. The Hall–Kier alpha value is -1.22. The maximum atomic E-state index is 12.4. The first-order valence-electron chi connectivity index (χ1n) is 6.31. The number of nitrogens with one attached hydrogen (secondary N) is 1. The lowest BCUT2D eigenvalue weighted by Crippen LogP contribution is -2.24. The molecule has 21 heavy (non-hydrogen) atoms. The highest BCUT2D eigenvalue weighted by Gasteiger charge is 2.19. The standard InChI is InChI=1S/C13H17BrN4O2S/c1-9-12(14)5-10(7-15)6-13(9)21(19,20)16-8-11-3-4-18(2)17-11/h3-6,16H,7-8,15H2,1-2H3. The molecular formula is C13H17BrN4O2S. The van der Waals surface area contributed by atoms with Gasteiger partial charge in [0.05, 0.1) is 17.1 Å². The smallest absolute Gasteiger partial charge is 0.241 e. The van der Waals surface area contributed by atoms with Crippen LogP contribution in [0.15, 0.2) is 33.8 Å². The van der Waals surface area contributed by atoms with Gasteiger partial charge < -0.3 is 5.73 Å². The number of aryl methyl sites for hydroxylation is 1. The predicted molar refractivity (Wildman–Crippen MR) is 84.0 cm³/mol. The monoisotopic (exact) mass is 372 g/mol. The summed E-state index contributed by atoms with van der Waals surface area (Å²) in [5.41, 5.74) is 7.67. The molecule has 0 amide bonds. The third kappa shape index (κ3) is 3.70. The number of hydrogen-bond donors (Lipinski definition) is 2. The molecule has 8 heteroatoms. The molecule has 1 heterocycles. The quantitative estimate of drug-likeness (QED) is 0.830. The predicted octanol–water partition coefficient (Wildman–Crippen LogP) is 1.43. The van der Waals surface area contributed by atoms with Gasteiger partial charge in [-0.1, -0.05) is 15.9 Å². The van der Waals surface area contributed by atoms with Gasteiger partial charge in [0.2, 0.25) is 10.0 Å². The minimum atomic E-state index is -3.62. The second-order valence-electron chi connectivity index (χ2n) is 4.71. The van der Waals surface area contributed by atoms with Crippen molar-refractivity contribution < 1.29 is 8.42 Å². The number of rotatable bonds is 5. The lowest BCUT2D eigenvalue weighted by atomic mass is 10.1. The molecule has 0 fully saturated rings. The van der Waals surface area contributed by atoms with E-state index in [9.17, 15) is 8.42 Å². The minimum absolute atomic E-state index is 0.146. The van der Waals surface area contributed by atoms with Crippen LogP contribution in [0.3, 0.4) is 0 Å². The Balaban J connectivity index is 2.29. The van der Waals surface area contributed by atoms with Crippen LogP contribution in [-0.4, -0.2) is 18.2 Å². The first-order chi connectivity index (χ1) is 9.83. The molecule has 1 aromatic carbocycles. The molecule has 0 radical (unpaired) electrons. The summed E-state index contributed by atoms with van der Waals surface area (Å²) in [5, 5.41) is 4.14. The zero-order valence-electron chi connectivity index (χ0n) is 11.8. The molecular weight excluding hydrogens is 356 g/mol. The summed E-state index contributed by atoms with van der Waals surface area (Å²) in [6, 6.07) is 5.19. The van der Waals surface area contributed by atoms with E-state index in [4.69, 9.17) is 5.73 Å². The van der Waals surface area contributed by atoms with Crippen molar-refractivity contribution in [2.75, 3.05) is 0 Å². The van der Waals surface area contributed by atoms with Crippen LogP contribution < -0.4 is 10.5 Å². The Morgan fingerprint density at radius 3 is 2.71 bits per heavy atom. The van der Waals surface area contributed by atoms with Gasteiger partial charge in [0.1, 0.15) is 0 Å². The van der Waals surface area contributed by atoms with Gasteiger partial charge >= 0.3 is 0 Å². The zero-order chi connectivity index (χ0) is 15.6. The Bertz CT molecular complexity index is 756. The van der Waals surface area contributed by atoms with Crippen molar-refractivity contribution >= 4 is 26.0 Å². The van der Waals surface area contributed by atoms with Gasteiger partial charge in [-0.2, -0.15) is 5.10 Å². The van der Waals surface area contributed by atoms with Crippen LogP contribution >= 0.6 is 15.9 Å². The van der Waals surface area contributed by atoms with Crippen molar-refractivity contribution in [3.8, 4) is 0 Å². The van der Waals surface area contributed by atoms with Gasteiger partial charge in [-0.05, 0) is 36.2 Å². The molecule has 2 rings (SSSR count). The Morgan fingerprint density at radius 1 is 1.43 bits per heavy atom. The van der Waals surface area contributed by atoms with Gasteiger partial charge in [0.25, 0.3) is 0 Å². The van der Waals surface area contributed by atoms with E-state index in [-0.39, 0.29) is 18.0 Å². The Morgan fingerprint density at radius 2 is 2.14 bits per heavy atom. The van der Waals surface area contributed by atoms with E-state index in [2.05, 4.69) is 25.8 Å². The largest absolute Gasteiger partial charge is 0.326 e. The highest BCUT2D eigenvalue weighted by atomic mass is 79.9. The maximum absolute atomic E-state index is 12.4. The third-order valence-corrected chi connectivity index (χ3v) is 5.44. The van der Waals surface area contributed by atoms with E-state index in [1.54, 1.807) is 37.0 Å². The van der Waals surface area contributed by atoms with Crippen LogP contribution in [-0.2, 0) is 30.2 Å². The van der Waals surface area contributed by atoms with Gasteiger partial charge in [-0.25, -0.2) is 13.1 Å². The van der Waals surface area contributed by atoms with E-state index < -0.39 is 10.0 Å². The average molecular weight is 373 g/mol. The number of benzene rings is 1. The number of aromatic nitrogens is 2. The van der Waals surface area contributed by atoms with Crippen LogP contribution in [0.1, 0.15) is 16.8 Å². The molecule has 114 valence electrons. The molecule has 0 spiro atoms. The lowest BCUT2D eigenvalue weighted by molar-refractivity contribution is 0.578. The van der Waals surface area contributed by atoms with Crippen molar-refractivity contribution in [2.45, 2.75) is 24.9 Å². The highest BCUT2D eigenvalue weighted by Crippen LogP contribution is 2.25. The minimum Gasteiger partial charge on any atom is -0.326 e. The van der Waals surface area contributed by atoms with Crippen LogP contribution in [0.25, 0.3) is 0 Å². The molecule has 0 unspecified atom stereocenters. The van der Waals surface area contributed by atoms with Crippen LogP contribution in [0.4, 0.5) is 0 Å². The van der Waals surface area contributed by atoms with Crippen molar-refractivity contribution in [1.82, 2.24) is 14.5 Å². The normalized spacial score (nSPS) is 11.8. The molecule has 0 atom stereocenters. The van der Waals surface area contributed by atoms with Crippen molar-refractivity contribution in [3.63, 3.8) is 0 Å². The second kappa shape index (κ2) is 6.27. The molecule has 0 saturated heterocycles. The summed E-state index contributed by atoms with van der Waals surface area (Å²) in [6.07, 6.45) is 1.76. The lowest BCUT2D eigenvalue weighted by Gasteiger charge is -2.12. The zero-order valence-corrected chi connectivity index (χ0v) is 14.2. The van der Waals surface area contributed by atoms with E-state index >= 15 is 0 Å². The van der Waals surface area contributed by atoms with E-state index in [0.717, 1.165) is 10.0 Å². The summed E-state index contributed by atoms with van der Waals surface area (Å²) >= 11 is 3.37.